The van der Waals surface area contributed by atoms with Gasteiger partial charge in [0, 0.05) is 19.1 Å². The third-order valence-electron chi connectivity index (χ3n) is 3.22. The fourth-order valence-electron chi connectivity index (χ4n) is 2.20. The van der Waals surface area contributed by atoms with Gasteiger partial charge in [-0.25, -0.2) is 0 Å². The second kappa shape index (κ2) is 6.78. The van der Waals surface area contributed by atoms with E-state index in [4.69, 9.17) is 22.1 Å². The van der Waals surface area contributed by atoms with Gasteiger partial charge in [0.25, 0.3) is 0 Å². The summed E-state index contributed by atoms with van der Waals surface area (Å²) in [5.41, 5.74) is 5.86. The zero-order valence-electron chi connectivity index (χ0n) is 10.8. The first kappa shape index (κ1) is 14.2. The van der Waals surface area contributed by atoms with Gasteiger partial charge in [-0.1, -0.05) is 23.7 Å². The number of hydrogen-bond acceptors (Lipinski definition) is 3. The molecule has 1 aromatic carbocycles. The van der Waals surface area contributed by atoms with Crippen molar-refractivity contribution in [3.8, 4) is 5.75 Å². The van der Waals surface area contributed by atoms with Gasteiger partial charge in [-0.05, 0) is 25.0 Å². The largest absolute Gasteiger partial charge is 0.491 e. The molecular formula is C14H19ClN2O2. The molecule has 0 aliphatic carbocycles. The van der Waals surface area contributed by atoms with E-state index in [0.29, 0.717) is 30.3 Å². The molecule has 1 atom stereocenters. The van der Waals surface area contributed by atoms with Crippen LogP contribution >= 0.6 is 11.6 Å². The molecule has 1 aromatic rings. The van der Waals surface area contributed by atoms with Crippen LogP contribution in [0.3, 0.4) is 0 Å². The van der Waals surface area contributed by atoms with Gasteiger partial charge in [-0.2, -0.15) is 0 Å². The number of halogens is 1. The lowest BCUT2D eigenvalue weighted by atomic mass is 10.1. The third kappa shape index (κ3) is 4.11. The number of rotatable bonds is 4. The Morgan fingerprint density at radius 2 is 2.26 bits per heavy atom. The predicted molar refractivity (Wildman–Crippen MR) is 75.4 cm³/mol. The van der Waals surface area contributed by atoms with Crippen molar-refractivity contribution in [1.29, 1.82) is 0 Å². The molecule has 19 heavy (non-hydrogen) atoms. The molecule has 1 saturated heterocycles. The Labute approximate surface area is 118 Å². The Hall–Kier alpha value is -1.26. The van der Waals surface area contributed by atoms with Gasteiger partial charge in [0.05, 0.1) is 18.1 Å². The van der Waals surface area contributed by atoms with E-state index in [-0.39, 0.29) is 11.9 Å². The fourth-order valence-corrected chi connectivity index (χ4v) is 2.39. The Balaban J connectivity index is 1.76. The van der Waals surface area contributed by atoms with Crippen molar-refractivity contribution in [3.05, 3.63) is 29.3 Å². The number of carbonyl (C=O) groups is 1. The molecule has 1 fully saturated rings. The number of hydrogen-bond donors (Lipinski definition) is 1. The molecule has 0 bridgehead atoms. The standard InChI is InChI=1S/C14H19ClN2O2/c15-12-5-1-2-6-13(12)19-9-7-14(18)17-8-3-4-11(16)10-17/h1-2,5-6,11H,3-4,7-10,16H2/t11-/m1/s1. The van der Waals surface area contributed by atoms with E-state index in [9.17, 15) is 4.79 Å². The van der Waals surface area contributed by atoms with Crippen LogP contribution in [0.25, 0.3) is 0 Å². The molecule has 104 valence electrons. The van der Waals surface area contributed by atoms with Crippen LogP contribution in [0.5, 0.6) is 5.75 Å². The highest BCUT2D eigenvalue weighted by Gasteiger charge is 2.20. The summed E-state index contributed by atoms with van der Waals surface area (Å²) in [6.45, 7) is 1.80. The molecule has 0 unspecified atom stereocenters. The maximum Gasteiger partial charge on any atom is 0.226 e. The molecule has 4 nitrogen and oxygen atoms in total. The smallest absolute Gasteiger partial charge is 0.226 e. The van der Waals surface area contributed by atoms with E-state index in [0.717, 1.165) is 19.4 Å². The number of ether oxygens (including phenoxy) is 1. The Kier molecular flexibility index (Phi) is 5.05. The second-order valence-electron chi connectivity index (χ2n) is 4.77. The SMILES string of the molecule is N[C@@H]1CCCN(C(=O)CCOc2ccccc2Cl)C1. The van der Waals surface area contributed by atoms with Crippen molar-refractivity contribution in [3.63, 3.8) is 0 Å². The molecule has 0 aromatic heterocycles. The summed E-state index contributed by atoms with van der Waals surface area (Å²) in [7, 11) is 0. The Bertz CT molecular complexity index is 439. The van der Waals surface area contributed by atoms with Crippen molar-refractivity contribution in [2.24, 2.45) is 5.73 Å². The lowest BCUT2D eigenvalue weighted by Crippen LogP contribution is -2.46. The number of nitrogens with two attached hydrogens (primary N) is 1. The second-order valence-corrected chi connectivity index (χ2v) is 5.18. The summed E-state index contributed by atoms with van der Waals surface area (Å²) in [5, 5.41) is 0.565. The van der Waals surface area contributed by atoms with Crippen LogP contribution in [0.1, 0.15) is 19.3 Å². The van der Waals surface area contributed by atoms with E-state index in [2.05, 4.69) is 0 Å². The Morgan fingerprint density at radius 1 is 1.47 bits per heavy atom. The highest BCUT2D eigenvalue weighted by Crippen LogP contribution is 2.23. The zero-order valence-corrected chi connectivity index (χ0v) is 11.6. The molecule has 1 heterocycles. The van der Waals surface area contributed by atoms with Gasteiger partial charge >= 0.3 is 0 Å². The molecule has 1 amide bonds. The zero-order chi connectivity index (χ0) is 13.7. The van der Waals surface area contributed by atoms with Crippen LogP contribution in [0, 0.1) is 0 Å². The Morgan fingerprint density at radius 3 is 3.00 bits per heavy atom. The first-order valence-corrected chi connectivity index (χ1v) is 6.95. The number of piperidine rings is 1. The van der Waals surface area contributed by atoms with Crippen molar-refractivity contribution in [1.82, 2.24) is 4.90 Å². The lowest BCUT2D eigenvalue weighted by Gasteiger charge is -2.30. The molecule has 0 radical (unpaired) electrons. The number of amides is 1. The van der Waals surface area contributed by atoms with E-state index < -0.39 is 0 Å². The number of para-hydroxylation sites is 1. The quantitative estimate of drug-likeness (QED) is 0.920. The summed E-state index contributed by atoms with van der Waals surface area (Å²) in [5.74, 6) is 0.717. The monoisotopic (exact) mass is 282 g/mol. The topological polar surface area (TPSA) is 55.6 Å². The summed E-state index contributed by atoms with van der Waals surface area (Å²) < 4.78 is 5.51. The van der Waals surface area contributed by atoms with E-state index >= 15 is 0 Å². The number of benzene rings is 1. The molecule has 2 N–H and O–H groups in total. The minimum atomic E-state index is 0.0993. The minimum absolute atomic E-state index is 0.0993. The maximum absolute atomic E-state index is 12.0. The van der Waals surface area contributed by atoms with Gasteiger partial charge in [-0.3, -0.25) is 4.79 Å². The number of nitrogens with zero attached hydrogens (tertiary/aromatic N) is 1. The van der Waals surface area contributed by atoms with Gasteiger partial charge in [0.2, 0.25) is 5.91 Å². The highest BCUT2D eigenvalue weighted by atomic mass is 35.5. The van der Waals surface area contributed by atoms with Crippen molar-refractivity contribution >= 4 is 17.5 Å². The van der Waals surface area contributed by atoms with Gasteiger partial charge in [0.15, 0.2) is 0 Å². The van der Waals surface area contributed by atoms with Gasteiger partial charge in [0.1, 0.15) is 5.75 Å². The summed E-state index contributed by atoms with van der Waals surface area (Å²) in [6.07, 6.45) is 2.34. The average molecular weight is 283 g/mol. The predicted octanol–water partition coefficient (Wildman–Crippen LogP) is 2.06. The average Bonchev–Trinajstić information content (AvgIpc) is 2.41. The van der Waals surface area contributed by atoms with Gasteiger partial charge in [-0.15, -0.1) is 0 Å². The number of likely N-dealkylation sites (tertiary alicyclic amines) is 1. The summed E-state index contributed by atoms with van der Waals surface area (Å²) >= 11 is 5.97. The van der Waals surface area contributed by atoms with Crippen LogP contribution in [-0.2, 0) is 4.79 Å². The van der Waals surface area contributed by atoms with Crippen LogP contribution in [0.4, 0.5) is 0 Å². The molecule has 0 spiro atoms. The molecule has 1 aliphatic heterocycles. The molecular weight excluding hydrogens is 264 g/mol. The van der Waals surface area contributed by atoms with Crippen LogP contribution in [0.2, 0.25) is 5.02 Å². The van der Waals surface area contributed by atoms with Crippen molar-refractivity contribution in [2.45, 2.75) is 25.3 Å². The highest BCUT2D eigenvalue weighted by molar-refractivity contribution is 6.32. The van der Waals surface area contributed by atoms with E-state index in [1.807, 2.05) is 17.0 Å². The van der Waals surface area contributed by atoms with E-state index in [1.54, 1.807) is 12.1 Å². The van der Waals surface area contributed by atoms with Crippen molar-refractivity contribution in [2.75, 3.05) is 19.7 Å². The maximum atomic E-state index is 12.0. The van der Waals surface area contributed by atoms with Crippen molar-refractivity contribution < 1.29 is 9.53 Å². The van der Waals surface area contributed by atoms with E-state index in [1.165, 1.54) is 0 Å². The van der Waals surface area contributed by atoms with Gasteiger partial charge < -0.3 is 15.4 Å². The molecule has 5 heteroatoms. The lowest BCUT2D eigenvalue weighted by molar-refractivity contribution is -0.132. The number of carbonyl (C=O) groups excluding carboxylic acids is 1. The van der Waals surface area contributed by atoms with Crippen LogP contribution in [-0.4, -0.2) is 36.5 Å². The summed E-state index contributed by atoms with van der Waals surface area (Å²) in [6, 6.07) is 7.37. The van der Waals surface area contributed by atoms with Crippen LogP contribution in [0.15, 0.2) is 24.3 Å². The molecule has 2 rings (SSSR count). The fraction of sp³-hybridized carbons (Fsp3) is 0.500. The normalized spacial score (nSPS) is 19.3. The molecule has 1 aliphatic rings. The minimum Gasteiger partial charge on any atom is -0.491 e. The third-order valence-corrected chi connectivity index (χ3v) is 3.53. The first-order valence-electron chi connectivity index (χ1n) is 6.57. The molecule has 0 saturated carbocycles. The van der Waals surface area contributed by atoms with Crippen LogP contribution < -0.4 is 10.5 Å². The summed E-state index contributed by atoms with van der Waals surface area (Å²) in [4.78, 5) is 13.8. The first-order chi connectivity index (χ1) is 9.16.